The van der Waals surface area contributed by atoms with Crippen LogP contribution in [-0.4, -0.2) is 48.0 Å². The molecule has 0 radical (unpaired) electrons. The summed E-state index contributed by atoms with van der Waals surface area (Å²) in [6, 6.07) is 5.72. The smallest absolute Gasteiger partial charge is 0.261 e. The zero-order chi connectivity index (χ0) is 25.9. The summed E-state index contributed by atoms with van der Waals surface area (Å²) in [5.41, 5.74) is -0.881. The lowest BCUT2D eigenvalue weighted by molar-refractivity contribution is 0.0648. The summed E-state index contributed by atoms with van der Waals surface area (Å²) in [7, 11) is 7.09. The van der Waals surface area contributed by atoms with E-state index >= 15 is 4.39 Å². The first-order valence-electron chi connectivity index (χ1n) is 12.1. The second kappa shape index (κ2) is 9.41. The van der Waals surface area contributed by atoms with Crippen LogP contribution in [0.4, 0.5) is 18.9 Å². The van der Waals surface area contributed by atoms with Gasteiger partial charge in [0.05, 0.1) is 17.3 Å². The maximum atomic E-state index is 15.1. The van der Waals surface area contributed by atoms with Crippen LogP contribution in [0.1, 0.15) is 52.7 Å². The summed E-state index contributed by atoms with van der Waals surface area (Å²) in [5.74, 6) is -0.114. The number of hydrogen-bond acceptors (Lipinski definition) is 4. The Morgan fingerprint density at radius 3 is 2.39 bits per heavy atom. The summed E-state index contributed by atoms with van der Waals surface area (Å²) in [5, 5.41) is 5.97. The third-order valence-corrected chi connectivity index (χ3v) is 8.60. The number of pyridine rings is 1. The Morgan fingerprint density at radius 1 is 1.17 bits per heavy atom. The van der Waals surface area contributed by atoms with Crippen molar-refractivity contribution in [3.05, 3.63) is 63.3 Å². The zero-order valence-electron chi connectivity index (χ0n) is 20.2. The molecule has 1 amide bonds. The van der Waals surface area contributed by atoms with Crippen LogP contribution in [0, 0.1) is 17.7 Å². The number of anilines is 1. The molecule has 5 rings (SSSR count). The molecule has 6 atom stereocenters. The molecule has 3 unspecified atom stereocenters. The van der Waals surface area contributed by atoms with Gasteiger partial charge in [-0.05, 0) is 44.2 Å². The molecule has 0 spiro atoms. The topological polar surface area (TPSA) is 66.4 Å². The number of hydrogen-bond donors (Lipinski definition) is 2. The van der Waals surface area contributed by atoms with Gasteiger partial charge in [0, 0.05) is 42.4 Å². The van der Waals surface area contributed by atoms with E-state index in [0.29, 0.717) is 28.7 Å². The van der Waals surface area contributed by atoms with E-state index in [4.69, 9.17) is 0 Å². The number of halogens is 3. The van der Waals surface area contributed by atoms with Gasteiger partial charge in [0.1, 0.15) is 11.4 Å². The molecule has 2 N–H and O–H groups in total. The van der Waals surface area contributed by atoms with E-state index in [9.17, 15) is 18.4 Å². The Hall–Kier alpha value is -1.95. The van der Waals surface area contributed by atoms with Crippen LogP contribution in [0.25, 0.3) is 0 Å². The number of benzene rings is 1. The van der Waals surface area contributed by atoms with Gasteiger partial charge < -0.3 is 20.1 Å². The maximum Gasteiger partial charge on any atom is 0.261 e. The van der Waals surface area contributed by atoms with Crippen LogP contribution < -0.4 is 16.2 Å². The monoisotopic (exact) mass is 538 g/mol. The number of carbonyl (C=O) groups excluding carboxylic acids is 1. The normalized spacial score (nSPS) is 25.1. The van der Waals surface area contributed by atoms with Gasteiger partial charge in [-0.1, -0.05) is 18.2 Å². The largest absolute Gasteiger partial charge is 0.381 e. The van der Waals surface area contributed by atoms with E-state index in [1.165, 1.54) is 12.3 Å². The fourth-order valence-corrected chi connectivity index (χ4v) is 6.03. The fraction of sp³-hybridized carbons (Fsp3) is 0.520. The third-order valence-electron chi connectivity index (χ3n) is 7.88. The van der Waals surface area contributed by atoms with Crippen LogP contribution in [0.3, 0.4) is 0 Å². The van der Waals surface area contributed by atoms with Gasteiger partial charge >= 0.3 is 0 Å². The molecule has 194 valence electrons. The average molecular weight is 538 g/mol. The SMILES string of the molecule is C[C@@H](NC(=O)c1cn(C2(C(F)F)CC2)c(=O)cc1NC1[C@H]2CN(C)C[C@@H]12)c1cccc(C(P)P)c1F. The Bertz CT molecular complexity index is 1240. The Morgan fingerprint density at radius 2 is 1.81 bits per heavy atom. The number of likely N-dealkylation sites (tertiary alicyclic amines) is 1. The molecule has 2 aromatic rings. The van der Waals surface area contributed by atoms with E-state index < -0.39 is 35.3 Å². The summed E-state index contributed by atoms with van der Waals surface area (Å²) < 4.78 is 43.8. The van der Waals surface area contributed by atoms with Crippen molar-refractivity contribution in [2.45, 2.75) is 49.2 Å². The van der Waals surface area contributed by atoms with Crippen LogP contribution in [0.5, 0.6) is 0 Å². The van der Waals surface area contributed by atoms with Gasteiger partial charge in [0.15, 0.2) is 0 Å². The molecular formula is C25H31F3N4O2P2. The highest BCUT2D eigenvalue weighted by Crippen LogP contribution is 2.49. The number of nitrogens with zero attached hydrogens (tertiary/aromatic N) is 2. The molecule has 1 aromatic heterocycles. The molecule has 1 saturated heterocycles. The second-order valence-electron chi connectivity index (χ2n) is 10.4. The number of amides is 1. The second-order valence-corrected chi connectivity index (χ2v) is 12.6. The van der Waals surface area contributed by atoms with Crippen molar-refractivity contribution in [3.8, 4) is 0 Å². The maximum absolute atomic E-state index is 15.1. The van der Waals surface area contributed by atoms with Crippen molar-refractivity contribution < 1.29 is 18.0 Å². The van der Waals surface area contributed by atoms with Crippen molar-refractivity contribution in [1.82, 2.24) is 14.8 Å². The third kappa shape index (κ3) is 4.48. The summed E-state index contributed by atoms with van der Waals surface area (Å²) in [4.78, 5) is 28.6. The van der Waals surface area contributed by atoms with Crippen LogP contribution >= 0.6 is 18.5 Å². The highest BCUT2D eigenvalue weighted by atomic mass is 31.1. The summed E-state index contributed by atoms with van der Waals surface area (Å²) in [6.07, 6.45) is -1.11. The lowest BCUT2D eigenvalue weighted by Crippen LogP contribution is -2.37. The highest BCUT2D eigenvalue weighted by molar-refractivity contribution is 7.37. The molecule has 1 aromatic carbocycles. The molecule has 2 saturated carbocycles. The highest BCUT2D eigenvalue weighted by Gasteiger charge is 2.56. The number of rotatable bonds is 8. The minimum absolute atomic E-state index is 0.109. The minimum atomic E-state index is -2.72. The quantitative estimate of drug-likeness (QED) is 0.500. The molecule has 11 heteroatoms. The van der Waals surface area contributed by atoms with E-state index in [1.54, 1.807) is 25.1 Å². The van der Waals surface area contributed by atoms with E-state index in [-0.39, 0.29) is 29.8 Å². The van der Waals surface area contributed by atoms with Crippen molar-refractivity contribution >= 4 is 30.1 Å². The minimum Gasteiger partial charge on any atom is -0.381 e. The van der Waals surface area contributed by atoms with Crippen LogP contribution in [-0.2, 0) is 5.54 Å². The molecule has 0 bridgehead atoms. The molecule has 6 nitrogen and oxygen atoms in total. The average Bonchev–Trinajstić information content (AvgIpc) is 3.69. The zero-order valence-corrected chi connectivity index (χ0v) is 22.5. The van der Waals surface area contributed by atoms with Gasteiger partial charge in [-0.2, -0.15) is 0 Å². The first-order valence-corrected chi connectivity index (χ1v) is 13.5. The number of aromatic nitrogens is 1. The molecule has 1 aliphatic heterocycles. The van der Waals surface area contributed by atoms with Gasteiger partial charge in [0.25, 0.3) is 17.9 Å². The number of nitrogens with one attached hydrogen (secondary N) is 2. The van der Waals surface area contributed by atoms with Gasteiger partial charge in [-0.3, -0.25) is 9.59 Å². The molecule has 3 fully saturated rings. The van der Waals surface area contributed by atoms with Crippen molar-refractivity contribution in [1.29, 1.82) is 0 Å². The lowest BCUT2D eigenvalue weighted by atomic mass is 10.0. The number of piperidine rings is 1. The Balaban J connectivity index is 1.46. The van der Waals surface area contributed by atoms with Gasteiger partial charge in [-0.15, -0.1) is 18.5 Å². The van der Waals surface area contributed by atoms with E-state index in [2.05, 4.69) is 41.1 Å². The fourth-order valence-electron chi connectivity index (χ4n) is 5.52. The van der Waals surface area contributed by atoms with Gasteiger partial charge in [0.2, 0.25) is 0 Å². The standard InChI is InChI=1S/C25H31F3N4O2P2/c1-12(13-4-3-5-14(20(13)26)23(35)36)29-22(34)17-11-32(25(6-7-25)24(27)28)19(33)8-18(17)30-21-15-9-31(2)10-16(15)21/h3-5,8,11-12,15-16,21,23-24,30H,6-7,9-10,35-36H2,1-2H3,(H,29,34)/t12-,15-,16+,21?/m1/s1. The van der Waals surface area contributed by atoms with Crippen LogP contribution in [0.2, 0.25) is 0 Å². The first-order chi connectivity index (χ1) is 17.0. The Kier molecular flexibility index (Phi) is 6.72. The molecule has 3 aliphatic rings. The lowest BCUT2D eigenvalue weighted by Gasteiger charge is -2.23. The number of alkyl halides is 2. The van der Waals surface area contributed by atoms with Crippen molar-refractivity contribution in [2.24, 2.45) is 11.8 Å². The van der Waals surface area contributed by atoms with Gasteiger partial charge in [-0.25, -0.2) is 13.2 Å². The molecule has 2 heterocycles. The predicted molar refractivity (Wildman–Crippen MR) is 140 cm³/mol. The Labute approximate surface area is 212 Å². The first kappa shape index (κ1) is 25.7. The molecule has 2 aliphatic carbocycles. The van der Waals surface area contributed by atoms with Crippen molar-refractivity contribution in [3.63, 3.8) is 0 Å². The van der Waals surface area contributed by atoms with E-state index in [1.807, 2.05) is 0 Å². The van der Waals surface area contributed by atoms with Crippen molar-refractivity contribution in [2.75, 3.05) is 25.5 Å². The number of carbonyl (C=O) groups is 1. The summed E-state index contributed by atoms with van der Waals surface area (Å²) in [6.45, 7) is 3.52. The number of fused-ring (bicyclic) bond motifs is 1. The molecule has 36 heavy (non-hydrogen) atoms. The predicted octanol–water partition coefficient (Wildman–Crippen LogP) is 3.95. The molecular weight excluding hydrogens is 507 g/mol. The van der Waals surface area contributed by atoms with E-state index in [0.717, 1.165) is 17.7 Å². The summed E-state index contributed by atoms with van der Waals surface area (Å²) >= 11 is 0. The van der Waals surface area contributed by atoms with Crippen LogP contribution in [0.15, 0.2) is 35.3 Å².